The molecule has 0 unspecified atom stereocenters. The van der Waals surface area contributed by atoms with E-state index in [2.05, 4.69) is 5.32 Å². The van der Waals surface area contributed by atoms with E-state index in [1.54, 1.807) is 11.9 Å². The lowest BCUT2D eigenvalue weighted by Gasteiger charge is -2.36. The molecule has 1 rings (SSSR count). The van der Waals surface area contributed by atoms with Gasteiger partial charge in [-0.15, -0.1) is 0 Å². The average molecular weight is 285 g/mol. The number of hydrogen-bond acceptors (Lipinski definition) is 3. The first-order chi connectivity index (χ1) is 8.86. The minimum absolute atomic E-state index is 0.0466. The highest BCUT2D eigenvalue weighted by Gasteiger charge is 2.42. The van der Waals surface area contributed by atoms with Crippen LogP contribution < -0.4 is 5.32 Å². The van der Waals surface area contributed by atoms with Crippen molar-refractivity contribution >= 4 is 5.91 Å². The second kappa shape index (κ2) is 7.04. The van der Waals surface area contributed by atoms with Gasteiger partial charge >= 0.3 is 12.3 Å². The SMILES string of the molecule is CNCCC(=O)N1CCN(CC(F)(F)C(F)F)CC1. The number of nitrogens with zero attached hydrogens (tertiary/aromatic N) is 2. The van der Waals surface area contributed by atoms with Crippen LogP contribution in [-0.2, 0) is 4.79 Å². The Bertz CT molecular complexity index is 294. The maximum Gasteiger partial charge on any atom is 0.319 e. The van der Waals surface area contributed by atoms with Crippen molar-refractivity contribution < 1.29 is 22.4 Å². The van der Waals surface area contributed by atoms with E-state index in [0.29, 0.717) is 26.1 Å². The smallest absolute Gasteiger partial charge is 0.319 e. The lowest BCUT2D eigenvalue weighted by molar-refractivity contribution is -0.148. The minimum atomic E-state index is -3.99. The van der Waals surface area contributed by atoms with Gasteiger partial charge in [-0.3, -0.25) is 9.69 Å². The zero-order valence-electron chi connectivity index (χ0n) is 10.8. The van der Waals surface area contributed by atoms with Crippen LogP contribution in [0.2, 0.25) is 0 Å². The maximum absolute atomic E-state index is 12.9. The molecule has 0 aromatic heterocycles. The summed E-state index contributed by atoms with van der Waals surface area (Å²) in [6, 6.07) is 0. The van der Waals surface area contributed by atoms with Crippen molar-refractivity contribution in [3.05, 3.63) is 0 Å². The first kappa shape index (κ1) is 16.2. The highest BCUT2D eigenvalue weighted by Crippen LogP contribution is 2.24. The predicted octanol–water partition coefficient (Wildman–Crippen LogP) is 0.640. The maximum atomic E-state index is 12.9. The molecule has 112 valence electrons. The number of piperazine rings is 1. The molecule has 1 fully saturated rings. The van der Waals surface area contributed by atoms with Crippen molar-refractivity contribution in [3.63, 3.8) is 0 Å². The summed E-state index contributed by atoms with van der Waals surface area (Å²) in [7, 11) is 1.73. The molecule has 1 amide bonds. The lowest BCUT2D eigenvalue weighted by atomic mass is 10.2. The van der Waals surface area contributed by atoms with Crippen LogP contribution in [0.4, 0.5) is 17.6 Å². The molecule has 0 radical (unpaired) electrons. The molecule has 0 bridgehead atoms. The number of carbonyl (C=O) groups is 1. The van der Waals surface area contributed by atoms with Crippen molar-refractivity contribution in [1.29, 1.82) is 0 Å². The van der Waals surface area contributed by atoms with Crippen molar-refractivity contribution in [2.45, 2.75) is 18.8 Å². The molecule has 1 N–H and O–H groups in total. The first-order valence-corrected chi connectivity index (χ1v) is 6.17. The fourth-order valence-electron chi connectivity index (χ4n) is 1.91. The quantitative estimate of drug-likeness (QED) is 0.728. The Kier molecular flexibility index (Phi) is 5.99. The van der Waals surface area contributed by atoms with Gasteiger partial charge in [0.25, 0.3) is 0 Å². The molecule has 0 saturated carbocycles. The van der Waals surface area contributed by atoms with Crippen LogP contribution in [0, 0.1) is 0 Å². The molecule has 1 saturated heterocycles. The van der Waals surface area contributed by atoms with Gasteiger partial charge in [-0.25, -0.2) is 8.78 Å². The summed E-state index contributed by atoms with van der Waals surface area (Å²) in [5, 5.41) is 2.85. The topological polar surface area (TPSA) is 35.6 Å². The van der Waals surface area contributed by atoms with Crippen LogP contribution in [0.3, 0.4) is 0 Å². The molecular formula is C11H19F4N3O. The van der Waals surface area contributed by atoms with Crippen LogP contribution in [0.5, 0.6) is 0 Å². The standard InChI is InChI=1S/C11H19F4N3O/c1-16-3-2-9(19)18-6-4-17(5-7-18)8-11(14,15)10(12)13/h10,16H,2-8H2,1H3. The molecule has 0 aliphatic carbocycles. The second-order valence-corrected chi connectivity index (χ2v) is 4.57. The highest BCUT2D eigenvalue weighted by molar-refractivity contribution is 5.76. The largest absolute Gasteiger partial charge is 0.340 e. The Hall–Kier alpha value is -0.890. The number of alkyl halides is 4. The molecule has 4 nitrogen and oxygen atoms in total. The average Bonchev–Trinajstić information content (AvgIpc) is 2.36. The molecule has 1 aliphatic heterocycles. The molecule has 19 heavy (non-hydrogen) atoms. The molecular weight excluding hydrogens is 266 g/mol. The zero-order valence-corrected chi connectivity index (χ0v) is 10.8. The fraction of sp³-hybridized carbons (Fsp3) is 0.909. The second-order valence-electron chi connectivity index (χ2n) is 4.57. The van der Waals surface area contributed by atoms with Crippen molar-refractivity contribution in [1.82, 2.24) is 15.1 Å². The van der Waals surface area contributed by atoms with Crippen LogP contribution in [0.15, 0.2) is 0 Å². The summed E-state index contributed by atoms with van der Waals surface area (Å²) >= 11 is 0. The van der Waals surface area contributed by atoms with E-state index >= 15 is 0 Å². The number of rotatable bonds is 6. The van der Waals surface area contributed by atoms with Crippen LogP contribution in [0.1, 0.15) is 6.42 Å². The summed E-state index contributed by atoms with van der Waals surface area (Å²) in [5.74, 6) is -4.03. The Morgan fingerprint density at radius 3 is 2.32 bits per heavy atom. The van der Waals surface area contributed by atoms with E-state index in [9.17, 15) is 22.4 Å². The Balaban J connectivity index is 2.35. The summed E-state index contributed by atoms with van der Waals surface area (Å²) in [5.41, 5.74) is 0. The normalized spacial score (nSPS) is 18.1. The van der Waals surface area contributed by atoms with Gasteiger partial charge in [0.1, 0.15) is 0 Å². The Morgan fingerprint density at radius 2 is 1.84 bits per heavy atom. The summed E-state index contributed by atoms with van der Waals surface area (Å²) in [6.07, 6.45) is -3.30. The fourth-order valence-corrected chi connectivity index (χ4v) is 1.91. The number of nitrogens with one attached hydrogen (secondary N) is 1. The van der Waals surface area contributed by atoms with Gasteiger partial charge in [-0.05, 0) is 7.05 Å². The third-order valence-corrected chi connectivity index (χ3v) is 3.07. The van der Waals surface area contributed by atoms with Crippen LogP contribution in [-0.4, -0.2) is 74.4 Å². The van der Waals surface area contributed by atoms with Gasteiger partial charge < -0.3 is 10.2 Å². The van der Waals surface area contributed by atoms with Crippen LogP contribution >= 0.6 is 0 Å². The molecule has 0 aromatic rings. The first-order valence-electron chi connectivity index (χ1n) is 6.17. The lowest BCUT2D eigenvalue weighted by Crippen LogP contribution is -2.52. The molecule has 1 aliphatic rings. The number of hydrogen-bond donors (Lipinski definition) is 1. The third-order valence-electron chi connectivity index (χ3n) is 3.07. The van der Waals surface area contributed by atoms with Gasteiger partial charge in [0.15, 0.2) is 0 Å². The molecule has 0 spiro atoms. The van der Waals surface area contributed by atoms with E-state index in [-0.39, 0.29) is 19.0 Å². The Labute approximate surface area is 109 Å². The van der Waals surface area contributed by atoms with E-state index in [1.165, 1.54) is 4.90 Å². The Morgan fingerprint density at radius 1 is 1.26 bits per heavy atom. The van der Waals surface area contributed by atoms with Gasteiger partial charge in [0.2, 0.25) is 5.91 Å². The van der Waals surface area contributed by atoms with E-state index < -0.39 is 18.9 Å². The predicted molar refractivity (Wildman–Crippen MR) is 62.5 cm³/mol. The third kappa shape index (κ3) is 4.94. The number of carbonyl (C=O) groups excluding carboxylic acids is 1. The van der Waals surface area contributed by atoms with Gasteiger partial charge in [-0.1, -0.05) is 0 Å². The summed E-state index contributed by atoms with van der Waals surface area (Å²) in [6.45, 7) is 0.622. The van der Waals surface area contributed by atoms with Crippen LogP contribution in [0.25, 0.3) is 0 Å². The zero-order chi connectivity index (χ0) is 14.5. The van der Waals surface area contributed by atoms with Gasteiger partial charge in [0, 0.05) is 39.1 Å². The van der Waals surface area contributed by atoms with Gasteiger partial charge in [-0.2, -0.15) is 8.78 Å². The highest BCUT2D eigenvalue weighted by atomic mass is 19.3. The van der Waals surface area contributed by atoms with Crippen molar-refractivity contribution in [2.24, 2.45) is 0 Å². The summed E-state index contributed by atoms with van der Waals surface area (Å²) < 4.78 is 49.9. The molecule has 8 heteroatoms. The molecule has 1 heterocycles. The molecule has 0 atom stereocenters. The number of amides is 1. The van der Waals surface area contributed by atoms with Crippen molar-refractivity contribution in [2.75, 3.05) is 46.3 Å². The van der Waals surface area contributed by atoms with E-state index in [1.807, 2.05) is 0 Å². The van der Waals surface area contributed by atoms with Gasteiger partial charge in [0.05, 0.1) is 6.54 Å². The van der Waals surface area contributed by atoms with Crippen molar-refractivity contribution in [3.8, 4) is 0 Å². The van der Waals surface area contributed by atoms with E-state index in [4.69, 9.17) is 0 Å². The minimum Gasteiger partial charge on any atom is -0.340 e. The summed E-state index contributed by atoms with van der Waals surface area (Å²) in [4.78, 5) is 14.5. The van der Waals surface area contributed by atoms with E-state index in [0.717, 1.165) is 0 Å². The monoisotopic (exact) mass is 285 g/mol. The number of halogens is 4. The molecule has 0 aromatic carbocycles.